The minimum atomic E-state index is -0.0190. The van der Waals surface area contributed by atoms with E-state index in [4.69, 9.17) is 4.98 Å². The first-order chi connectivity index (χ1) is 18.6. The third-order valence-electron chi connectivity index (χ3n) is 7.56. The van der Waals surface area contributed by atoms with E-state index in [9.17, 15) is 9.59 Å². The minimum Gasteiger partial charge on any atom is -0.349 e. The van der Waals surface area contributed by atoms with E-state index in [0.29, 0.717) is 12.0 Å². The largest absolute Gasteiger partial charge is 0.349 e. The third kappa shape index (κ3) is 5.98. The Labute approximate surface area is 228 Å². The molecule has 1 amide bonds. The zero-order valence-corrected chi connectivity index (χ0v) is 23.2. The Kier molecular flexibility index (Phi) is 8.51. The van der Waals surface area contributed by atoms with Crippen LogP contribution in [0.2, 0.25) is 0 Å². The summed E-state index contributed by atoms with van der Waals surface area (Å²) < 4.78 is 3.16. The predicted molar refractivity (Wildman–Crippen MR) is 155 cm³/mol. The Balaban J connectivity index is 1.24. The van der Waals surface area contributed by atoms with E-state index >= 15 is 0 Å². The molecule has 3 heterocycles. The van der Waals surface area contributed by atoms with E-state index < -0.39 is 0 Å². The average molecular weight is 532 g/mol. The zero-order valence-electron chi connectivity index (χ0n) is 22.3. The van der Waals surface area contributed by atoms with Crippen LogP contribution >= 0.6 is 11.3 Å². The number of amides is 1. The van der Waals surface area contributed by atoms with Crippen molar-refractivity contribution in [2.75, 3.05) is 32.7 Å². The summed E-state index contributed by atoms with van der Waals surface area (Å²) in [6, 6.07) is 13.9. The zero-order chi connectivity index (χ0) is 26.5. The van der Waals surface area contributed by atoms with Gasteiger partial charge in [0.1, 0.15) is 0 Å². The number of hydrogen-bond acceptors (Lipinski definition) is 6. The number of rotatable bonds is 11. The molecule has 2 aromatic heterocycles. The van der Waals surface area contributed by atoms with Crippen molar-refractivity contribution in [3.05, 3.63) is 59.8 Å². The molecular weight excluding hydrogens is 494 g/mol. The van der Waals surface area contributed by atoms with E-state index in [0.717, 1.165) is 90.4 Å². The summed E-state index contributed by atoms with van der Waals surface area (Å²) in [6.45, 7) is 9.43. The highest BCUT2D eigenvalue weighted by atomic mass is 32.1. The van der Waals surface area contributed by atoms with Crippen LogP contribution in [-0.2, 0) is 0 Å². The molecule has 0 saturated carbocycles. The topological polar surface area (TPSA) is 78.7 Å². The van der Waals surface area contributed by atoms with E-state index in [1.165, 1.54) is 0 Å². The maximum atomic E-state index is 12.8. The van der Waals surface area contributed by atoms with Gasteiger partial charge in [-0.3, -0.25) is 14.0 Å². The normalized spacial score (nSPS) is 14.5. The number of unbranched alkanes of at least 4 members (excludes halogenated alkanes) is 1. The van der Waals surface area contributed by atoms with Crippen LogP contribution in [0.4, 0.5) is 0 Å². The van der Waals surface area contributed by atoms with Crippen LogP contribution in [-0.4, -0.2) is 64.7 Å². The number of imidazole rings is 1. The maximum Gasteiger partial charge on any atom is 0.251 e. The second-order valence-electron chi connectivity index (χ2n) is 10.0. The van der Waals surface area contributed by atoms with Crippen LogP contribution in [0.5, 0.6) is 0 Å². The fourth-order valence-electron chi connectivity index (χ4n) is 5.15. The highest BCUT2D eigenvalue weighted by molar-refractivity contribution is 7.23. The van der Waals surface area contributed by atoms with Gasteiger partial charge in [-0.15, -0.1) is 0 Å². The van der Waals surface area contributed by atoms with Gasteiger partial charge in [-0.05, 0) is 88.7 Å². The summed E-state index contributed by atoms with van der Waals surface area (Å²) in [5.41, 5.74) is 4.35. The second-order valence-corrected chi connectivity index (χ2v) is 11.1. The number of nitrogens with one attached hydrogen (secondary N) is 2. The SMILES string of the molecule is CCN(CC)CCCCC(=O)c1ccc2c(c1)sc1nc(-c3ccc(C(=O)NC4CCNCC4)cc3)cn12. The number of Topliss-reactive ketones (excluding diaryl/α,β-unsaturated/α-hetero) is 1. The Bertz CT molecular complexity index is 1400. The molecule has 38 heavy (non-hydrogen) atoms. The number of nitrogens with zero attached hydrogens (tertiary/aromatic N) is 3. The molecule has 1 aliphatic rings. The molecule has 200 valence electrons. The lowest BCUT2D eigenvalue weighted by atomic mass is 10.0. The first-order valence-corrected chi connectivity index (χ1v) is 14.7. The Hall–Kier alpha value is -3.07. The molecule has 8 heteroatoms. The van der Waals surface area contributed by atoms with Gasteiger partial charge in [0.15, 0.2) is 10.7 Å². The number of piperidine rings is 1. The molecule has 4 aromatic rings. The van der Waals surface area contributed by atoms with Crippen LogP contribution < -0.4 is 10.6 Å². The van der Waals surface area contributed by atoms with Crippen molar-refractivity contribution in [2.24, 2.45) is 0 Å². The minimum absolute atomic E-state index is 0.0190. The standard InChI is InChI=1S/C30H37N5O2S/c1-3-34(4-2)18-6-5-7-27(36)23-12-13-26-28(19-23)38-30-33-25(20-35(26)30)21-8-10-22(11-9-21)29(37)32-24-14-16-31-17-15-24/h8-13,19-20,24,31H,3-7,14-18H2,1-2H3,(H,32,37). The van der Waals surface area contributed by atoms with Crippen LogP contribution in [0, 0.1) is 0 Å². The molecule has 0 atom stereocenters. The van der Waals surface area contributed by atoms with E-state index in [-0.39, 0.29) is 17.7 Å². The van der Waals surface area contributed by atoms with Crippen LogP contribution in [0.25, 0.3) is 26.4 Å². The average Bonchev–Trinajstić information content (AvgIpc) is 3.51. The summed E-state index contributed by atoms with van der Waals surface area (Å²) in [5, 5.41) is 6.47. The number of aromatic nitrogens is 2. The van der Waals surface area contributed by atoms with Gasteiger partial charge in [-0.25, -0.2) is 4.98 Å². The Morgan fingerprint density at radius 2 is 1.79 bits per heavy atom. The van der Waals surface area contributed by atoms with Gasteiger partial charge in [0.05, 0.1) is 15.9 Å². The molecular formula is C30H37N5O2S. The van der Waals surface area contributed by atoms with Crippen LogP contribution in [0.1, 0.15) is 66.7 Å². The summed E-state index contributed by atoms with van der Waals surface area (Å²) in [7, 11) is 0. The quantitative estimate of drug-likeness (QED) is 0.200. The third-order valence-corrected chi connectivity index (χ3v) is 8.57. The maximum absolute atomic E-state index is 12.8. The predicted octanol–water partition coefficient (Wildman–Crippen LogP) is 5.39. The van der Waals surface area contributed by atoms with Gasteiger partial charge in [0, 0.05) is 35.3 Å². The van der Waals surface area contributed by atoms with Crippen LogP contribution in [0.3, 0.4) is 0 Å². The molecule has 1 fully saturated rings. The fourth-order valence-corrected chi connectivity index (χ4v) is 6.19. The lowest BCUT2D eigenvalue weighted by Crippen LogP contribution is -2.42. The van der Waals surface area contributed by atoms with Gasteiger partial charge in [0.2, 0.25) is 0 Å². The van der Waals surface area contributed by atoms with Crippen molar-refractivity contribution in [2.45, 2.75) is 52.0 Å². The second kappa shape index (κ2) is 12.2. The molecule has 2 aromatic carbocycles. The number of carbonyl (C=O) groups excluding carboxylic acids is 2. The molecule has 1 aliphatic heterocycles. The molecule has 0 unspecified atom stereocenters. The highest BCUT2D eigenvalue weighted by Gasteiger charge is 2.17. The summed E-state index contributed by atoms with van der Waals surface area (Å²) in [5.74, 6) is 0.192. The lowest BCUT2D eigenvalue weighted by molar-refractivity contribution is 0.0928. The molecule has 5 rings (SSSR count). The van der Waals surface area contributed by atoms with Crippen molar-refractivity contribution in [3.8, 4) is 11.3 Å². The first-order valence-electron chi connectivity index (χ1n) is 13.8. The van der Waals surface area contributed by atoms with Crippen LogP contribution in [0.15, 0.2) is 48.7 Å². The number of carbonyl (C=O) groups is 2. The monoisotopic (exact) mass is 531 g/mol. The van der Waals surface area contributed by atoms with Gasteiger partial charge < -0.3 is 15.5 Å². The molecule has 1 saturated heterocycles. The van der Waals surface area contributed by atoms with E-state index in [1.54, 1.807) is 11.3 Å². The van der Waals surface area contributed by atoms with Gasteiger partial charge >= 0.3 is 0 Å². The highest BCUT2D eigenvalue weighted by Crippen LogP contribution is 2.30. The number of ketones is 1. The molecule has 2 N–H and O–H groups in total. The van der Waals surface area contributed by atoms with Gasteiger partial charge in [-0.2, -0.15) is 0 Å². The summed E-state index contributed by atoms with van der Waals surface area (Å²) in [6.07, 6.45) is 6.53. The Morgan fingerprint density at radius 1 is 1.05 bits per heavy atom. The first kappa shape index (κ1) is 26.5. The summed E-state index contributed by atoms with van der Waals surface area (Å²) >= 11 is 1.60. The Morgan fingerprint density at radius 3 is 2.53 bits per heavy atom. The molecule has 0 bridgehead atoms. The van der Waals surface area contributed by atoms with Crippen molar-refractivity contribution in [3.63, 3.8) is 0 Å². The molecule has 0 spiro atoms. The smallest absolute Gasteiger partial charge is 0.251 e. The van der Waals surface area contributed by atoms with Gasteiger partial charge in [-0.1, -0.05) is 37.3 Å². The molecule has 0 radical (unpaired) electrons. The van der Waals surface area contributed by atoms with Gasteiger partial charge in [0.25, 0.3) is 5.91 Å². The van der Waals surface area contributed by atoms with Crippen molar-refractivity contribution in [1.82, 2.24) is 24.9 Å². The van der Waals surface area contributed by atoms with Crippen molar-refractivity contribution in [1.29, 1.82) is 0 Å². The van der Waals surface area contributed by atoms with Crippen molar-refractivity contribution < 1.29 is 9.59 Å². The molecule has 0 aliphatic carbocycles. The number of thiazole rings is 1. The molecule has 7 nitrogen and oxygen atoms in total. The fraction of sp³-hybridized carbons (Fsp3) is 0.433. The number of hydrogen-bond donors (Lipinski definition) is 2. The lowest BCUT2D eigenvalue weighted by Gasteiger charge is -2.23. The number of benzene rings is 2. The summed E-state index contributed by atoms with van der Waals surface area (Å²) in [4.78, 5) is 33.6. The number of fused-ring (bicyclic) bond motifs is 3. The van der Waals surface area contributed by atoms with Crippen molar-refractivity contribution >= 4 is 38.2 Å². The van der Waals surface area contributed by atoms with E-state index in [1.807, 2.05) is 48.7 Å². The van der Waals surface area contributed by atoms with E-state index in [2.05, 4.69) is 33.8 Å².